The number of aryl methyl sites for hydroxylation is 1. The Morgan fingerprint density at radius 3 is 1.71 bits per heavy atom. The lowest BCUT2D eigenvalue weighted by molar-refractivity contribution is 0.446. The molecule has 8 aromatic carbocycles. The van der Waals surface area contributed by atoms with Crippen molar-refractivity contribution < 1.29 is 20.2 Å². The number of fused-ring (bicyclic) bond motifs is 1. The minimum Gasteiger partial charge on any atom is -0.507 e. The quantitative estimate of drug-likeness (QED) is 0.165. The SMILES string of the molecule is [2H]c1nc(-c2cc(-c3ccc(C(C)(C)C)cc3)cc(-c3cccc4c3nc(-c3cc(C(C)(C)C)cc(C(C)(C)C)c3O)n4-c3cc(-c4ccccc4)c(C([2H])([2H])[2H])cc3-c3ccc(C(C)(C)C)cc3)c2)c([2H])c(-c2c([2H])c([2H])c([2H])c([2H])c2[2H])c1[2H]. The molecule has 10 rings (SSSR count). The van der Waals surface area contributed by atoms with Crippen LogP contribution in [0.1, 0.15) is 126 Å². The van der Waals surface area contributed by atoms with Crippen LogP contribution >= 0.6 is 0 Å². The number of para-hydroxylation sites is 1. The van der Waals surface area contributed by atoms with Gasteiger partial charge in [-0.2, -0.15) is 0 Å². The van der Waals surface area contributed by atoms with Gasteiger partial charge in [-0.05, 0) is 150 Å². The Morgan fingerprint density at radius 1 is 0.467 bits per heavy atom. The third-order valence-electron chi connectivity index (χ3n) is 14.2. The van der Waals surface area contributed by atoms with Crippen LogP contribution in [0.4, 0.5) is 0 Å². The van der Waals surface area contributed by atoms with Crippen molar-refractivity contribution in [1.82, 2.24) is 14.5 Å². The first kappa shape index (κ1) is 38.7. The zero-order valence-electron chi connectivity index (χ0n) is 56.1. The van der Waals surface area contributed by atoms with Crippen LogP contribution in [0.25, 0.3) is 95.0 Å². The second-order valence-electron chi connectivity index (χ2n) is 23.8. The van der Waals surface area contributed by atoms with Gasteiger partial charge in [0.1, 0.15) is 11.6 Å². The largest absolute Gasteiger partial charge is 0.507 e. The van der Waals surface area contributed by atoms with Gasteiger partial charge in [-0.15, -0.1) is 0 Å². The van der Waals surface area contributed by atoms with Crippen molar-refractivity contribution in [1.29, 1.82) is 0 Å². The third-order valence-corrected chi connectivity index (χ3v) is 14.2. The molecule has 0 aliphatic carbocycles. The highest BCUT2D eigenvalue weighted by atomic mass is 16.3. The lowest BCUT2D eigenvalue weighted by atomic mass is 9.79. The molecule has 4 heteroatoms. The Morgan fingerprint density at radius 2 is 1.08 bits per heavy atom. The molecule has 10 aromatic rings. The normalized spacial score (nSPS) is 14.6. The second-order valence-corrected chi connectivity index (χ2v) is 23.8. The molecule has 75 heavy (non-hydrogen) atoms. The van der Waals surface area contributed by atoms with E-state index in [0.717, 1.165) is 27.8 Å². The van der Waals surface area contributed by atoms with Crippen LogP contribution in [0.2, 0.25) is 0 Å². The fourth-order valence-corrected chi connectivity index (χ4v) is 9.78. The highest BCUT2D eigenvalue weighted by Crippen LogP contribution is 2.47. The van der Waals surface area contributed by atoms with Gasteiger partial charge in [-0.3, -0.25) is 9.55 Å². The van der Waals surface area contributed by atoms with Crippen LogP contribution in [0.3, 0.4) is 0 Å². The number of phenolic OH excluding ortho intramolecular Hbond substituents is 1. The van der Waals surface area contributed by atoms with Crippen molar-refractivity contribution in [3.05, 3.63) is 216 Å². The zero-order chi connectivity index (χ0) is 62.7. The first-order valence-corrected chi connectivity index (χ1v) is 25.6. The summed E-state index contributed by atoms with van der Waals surface area (Å²) in [4.78, 5) is 10.2. The highest BCUT2D eigenvalue weighted by molar-refractivity contribution is 5.99. The number of hydrogen-bond donors (Lipinski definition) is 1. The van der Waals surface area contributed by atoms with Gasteiger partial charge in [0.15, 0.2) is 0 Å². The number of hydrogen-bond acceptors (Lipinski definition) is 3. The number of benzene rings is 8. The van der Waals surface area contributed by atoms with Crippen LogP contribution in [0.5, 0.6) is 5.75 Å². The molecule has 0 bridgehead atoms. The average molecular weight is 993 g/mol. The summed E-state index contributed by atoms with van der Waals surface area (Å²) < 4.78 is 100. The van der Waals surface area contributed by atoms with E-state index < -0.39 is 66.2 Å². The van der Waals surface area contributed by atoms with Crippen molar-refractivity contribution >= 4 is 11.0 Å². The van der Waals surface area contributed by atoms with Gasteiger partial charge in [0.2, 0.25) is 0 Å². The number of nitrogens with zero attached hydrogens (tertiary/aromatic N) is 3. The molecule has 0 atom stereocenters. The van der Waals surface area contributed by atoms with Gasteiger partial charge in [0.25, 0.3) is 0 Å². The van der Waals surface area contributed by atoms with E-state index in [1.54, 1.807) is 6.07 Å². The first-order chi connectivity index (χ1) is 40.1. The lowest BCUT2D eigenvalue weighted by Crippen LogP contribution is -2.17. The first-order valence-electron chi connectivity index (χ1n) is 31.1. The fourth-order valence-electron chi connectivity index (χ4n) is 9.78. The molecule has 0 unspecified atom stereocenters. The average Bonchev–Trinajstić information content (AvgIpc) is 1.59. The van der Waals surface area contributed by atoms with E-state index in [9.17, 15) is 6.48 Å². The topological polar surface area (TPSA) is 50.9 Å². The summed E-state index contributed by atoms with van der Waals surface area (Å²) in [5.41, 5.74) is 9.82. The van der Waals surface area contributed by atoms with Gasteiger partial charge < -0.3 is 5.11 Å². The van der Waals surface area contributed by atoms with Crippen molar-refractivity contribution in [3.63, 3.8) is 0 Å². The van der Waals surface area contributed by atoms with Crippen molar-refractivity contribution in [2.75, 3.05) is 0 Å². The molecule has 0 aliphatic heterocycles. The van der Waals surface area contributed by atoms with Gasteiger partial charge in [-0.25, -0.2) is 4.98 Å². The van der Waals surface area contributed by atoms with E-state index in [2.05, 4.69) is 118 Å². The summed E-state index contributed by atoms with van der Waals surface area (Å²) in [6.45, 7) is 22.9. The summed E-state index contributed by atoms with van der Waals surface area (Å²) in [5, 5.41) is 12.9. The van der Waals surface area contributed by atoms with Crippen LogP contribution in [0.15, 0.2) is 188 Å². The number of rotatable bonds is 8. The third kappa shape index (κ3) is 10.1. The fraction of sp³-hybridized carbons (Fsp3) is 0.239. The van der Waals surface area contributed by atoms with E-state index in [1.165, 1.54) is 0 Å². The van der Waals surface area contributed by atoms with Gasteiger partial charge in [0.05, 0.1) is 38.9 Å². The number of aromatic hydroxyl groups is 1. The molecule has 376 valence electrons. The molecule has 2 aromatic heterocycles. The van der Waals surface area contributed by atoms with Gasteiger partial charge in [0, 0.05) is 32.5 Å². The maximum Gasteiger partial charge on any atom is 0.149 e. The Balaban J connectivity index is 1.36. The van der Waals surface area contributed by atoms with Crippen LogP contribution in [0, 0.1) is 6.85 Å². The van der Waals surface area contributed by atoms with E-state index in [1.807, 2.05) is 108 Å². The Labute approximate surface area is 461 Å². The molecule has 0 saturated heterocycles. The standard InChI is InChI=1S/C71H71N3O/c1-45-37-59(49-29-33-55(34-30-49)69(5,6)7)64(44-58(45)48-23-18-15-19-24-48)74-63-26-20-25-57(65(63)73-67(74)60-42-56(70(8,9)10)43-61(66(60)75)71(11,12)13)52-38-51(47-27-31-54(32-28-47)68(2,3)4)39-53(40-52)62-41-50(35-36-72-62)46-21-16-14-17-22-46/h14-44,75H,1-13H3/i1D3,14D,16D,17D,21D,22D,35D,36D,41D. The van der Waals surface area contributed by atoms with E-state index in [-0.39, 0.29) is 39.0 Å². The zero-order valence-corrected chi connectivity index (χ0v) is 45.1. The number of aromatic nitrogens is 3. The molecule has 0 fully saturated rings. The van der Waals surface area contributed by atoms with E-state index in [0.29, 0.717) is 72.6 Å². The van der Waals surface area contributed by atoms with Crippen molar-refractivity contribution in [3.8, 4) is 89.7 Å². The molecule has 0 spiro atoms. The minimum absolute atomic E-state index is 0.0399. The minimum atomic E-state index is -2.54. The molecular formula is C71H71N3O. The second kappa shape index (κ2) is 19.1. The molecule has 0 radical (unpaired) electrons. The predicted octanol–water partition coefficient (Wildman–Crippen LogP) is 19.3. The number of pyridine rings is 1. The molecule has 0 aliphatic rings. The molecule has 0 saturated carbocycles. The summed E-state index contributed by atoms with van der Waals surface area (Å²) in [6, 6.07) is 41.0. The number of phenols is 1. The van der Waals surface area contributed by atoms with Crippen LogP contribution < -0.4 is 0 Å². The summed E-state index contributed by atoms with van der Waals surface area (Å²) in [7, 11) is 0. The van der Waals surface area contributed by atoms with Crippen LogP contribution in [-0.4, -0.2) is 19.6 Å². The molecular weight excluding hydrogens is 911 g/mol. The maximum absolute atomic E-state index is 12.9. The molecule has 4 nitrogen and oxygen atoms in total. The summed E-state index contributed by atoms with van der Waals surface area (Å²) in [5.74, 6) is 0.422. The predicted molar refractivity (Wildman–Crippen MR) is 318 cm³/mol. The monoisotopic (exact) mass is 993 g/mol. The van der Waals surface area contributed by atoms with Gasteiger partial charge in [-0.1, -0.05) is 210 Å². The molecule has 2 heterocycles. The summed E-state index contributed by atoms with van der Waals surface area (Å²) in [6.07, 6.45) is -0.556. The Kier molecular flexibility index (Phi) is 9.88. The molecule has 1 N–H and O–H groups in total. The summed E-state index contributed by atoms with van der Waals surface area (Å²) >= 11 is 0. The Bertz CT molecular complexity index is 4300. The Hall–Kier alpha value is -7.82. The number of imidazole rings is 1. The lowest BCUT2D eigenvalue weighted by Gasteiger charge is -2.28. The van der Waals surface area contributed by atoms with E-state index in [4.69, 9.17) is 18.7 Å². The maximum atomic E-state index is 12.9. The molecule has 0 amide bonds. The van der Waals surface area contributed by atoms with Crippen molar-refractivity contribution in [2.24, 2.45) is 0 Å². The van der Waals surface area contributed by atoms with Crippen molar-refractivity contribution in [2.45, 2.75) is 112 Å². The highest BCUT2D eigenvalue weighted by Gasteiger charge is 2.30. The van der Waals surface area contributed by atoms with Gasteiger partial charge >= 0.3 is 0 Å². The van der Waals surface area contributed by atoms with Crippen LogP contribution in [-0.2, 0) is 21.7 Å². The smallest absolute Gasteiger partial charge is 0.149 e. The van der Waals surface area contributed by atoms with E-state index >= 15 is 0 Å².